The Morgan fingerprint density at radius 1 is 1.48 bits per heavy atom. The Labute approximate surface area is 149 Å². The number of carbonyl (C=O) groups excluding carboxylic acids is 1. The van der Waals surface area contributed by atoms with Gasteiger partial charge in [0.05, 0.1) is 13.2 Å². The van der Waals surface area contributed by atoms with Crippen molar-refractivity contribution in [3.8, 4) is 0 Å². The maximum absolute atomic E-state index is 12.1. The van der Waals surface area contributed by atoms with E-state index in [0.29, 0.717) is 24.0 Å². The first-order valence-corrected chi connectivity index (χ1v) is 10.00. The number of hydrogen-bond acceptors (Lipinski definition) is 7. The molecule has 0 aromatic carbocycles. The van der Waals surface area contributed by atoms with Crippen molar-refractivity contribution in [3.05, 3.63) is 11.1 Å². The fourth-order valence-corrected chi connectivity index (χ4v) is 3.35. The number of thiazole rings is 1. The molecule has 1 aromatic heterocycles. The number of morpholine rings is 1. The van der Waals surface area contributed by atoms with Crippen molar-refractivity contribution in [3.63, 3.8) is 0 Å². The zero-order valence-corrected chi connectivity index (χ0v) is 15.4. The lowest BCUT2D eigenvalue weighted by Gasteiger charge is -2.25. The summed E-state index contributed by atoms with van der Waals surface area (Å²) in [5.41, 5.74) is 5.63. The number of aromatic nitrogens is 1. The molecule has 2 rings (SSSR count). The van der Waals surface area contributed by atoms with E-state index in [1.807, 2.05) is 0 Å². The topological polar surface area (TPSA) is 78.5 Å². The summed E-state index contributed by atoms with van der Waals surface area (Å²) in [6, 6.07) is 0. The van der Waals surface area contributed by atoms with Crippen molar-refractivity contribution >= 4 is 51.5 Å². The van der Waals surface area contributed by atoms with Crippen LogP contribution in [0.1, 0.15) is 16.9 Å². The predicted octanol–water partition coefficient (Wildman–Crippen LogP) is 0.842. The van der Waals surface area contributed by atoms with E-state index in [9.17, 15) is 4.79 Å². The van der Waals surface area contributed by atoms with Gasteiger partial charge in [-0.1, -0.05) is 0 Å². The number of thioether (sulfide) groups is 1. The molecule has 1 aliphatic heterocycles. The Morgan fingerprint density at radius 2 is 2.26 bits per heavy atom. The molecule has 1 aromatic rings. The Kier molecular flexibility index (Phi) is 7.86. The van der Waals surface area contributed by atoms with Crippen LogP contribution in [0.4, 0.5) is 5.13 Å². The number of hydrazine groups is 1. The van der Waals surface area contributed by atoms with E-state index in [0.717, 1.165) is 36.9 Å². The molecule has 0 spiro atoms. The summed E-state index contributed by atoms with van der Waals surface area (Å²) < 4.78 is 5.31. The molecule has 128 valence electrons. The number of anilines is 1. The number of rotatable bonds is 6. The van der Waals surface area contributed by atoms with Gasteiger partial charge >= 0.3 is 0 Å². The van der Waals surface area contributed by atoms with Crippen molar-refractivity contribution in [2.45, 2.75) is 6.42 Å². The van der Waals surface area contributed by atoms with Crippen LogP contribution >= 0.6 is 35.3 Å². The minimum Gasteiger partial charge on any atom is -0.378 e. The molecule has 23 heavy (non-hydrogen) atoms. The normalized spacial score (nSPS) is 14.4. The number of hydrogen-bond donors (Lipinski definition) is 3. The Morgan fingerprint density at radius 3 is 3.00 bits per heavy atom. The lowest BCUT2D eigenvalue weighted by molar-refractivity contribution is 0.0939. The van der Waals surface area contributed by atoms with Gasteiger partial charge < -0.3 is 15.0 Å². The molecule has 2 heterocycles. The van der Waals surface area contributed by atoms with Gasteiger partial charge in [-0.2, -0.15) is 11.8 Å². The summed E-state index contributed by atoms with van der Waals surface area (Å²) in [5, 5.41) is 6.03. The molecule has 0 saturated carbocycles. The molecule has 1 aliphatic rings. The second-order valence-corrected chi connectivity index (χ2v) is 7.03. The molecule has 3 N–H and O–H groups in total. The maximum Gasteiger partial charge on any atom is 0.289 e. The minimum atomic E-state index is -0.297. The van der Waals surface area contributed by atoms with E-state index >= 15 is 0 Å². The van der Waals surface area contributed by atoms with Gasteiger partial charge in [0.25, 0.3) is 5.91 Å². The molecule has 0 atom stereocenters. The molecular weight excluding hydrogens is 354 g/mol. The Balaban J connectivity index is 1.73. The van der Waals surface area contributed by atoms with E-state index in [2.05, 4.69) is 32.3 Å². The third-order valence-electron chi connectivity index (χ3n) is 3.11. The zero-order chi connectivity index (χ0) is 16.5. The monoisotopic (exact) mass is 375 g/mol. The molecule has 1 fully saturated rings. The average molecular weight is 376 g/mol. The van der Waals surface area contributed by atoms with Gasteiger partial charge in [0, 0.05) is 25.0 Å². The van der Waals surface area contributed by atoms with Crippen LogP contribution in [-0.2, 0) is 4.74 Å². The van der Waals surface area contributed by atoms with Gasteiger partial charge in [0.1, 0.15) is 5.69 Å². The Hall–Kier alpha value is -1.10. The largest absolute Gasteiger partial charge is 0.378 e. The van der Waals surface area contributed by atoms with Crippen LogP contribution in [0.2, 0.25) is 0 Å². The van der Waals surface area contributed by atoms with Crippen LogP contribution in [0.25, 0.3) is 0 Å². The van der Waals surface area contributed by atoms with Crippen molar-refractivity contribution < 1.29 is 9.53 Å². The average Bonchev–Trinajstić information content (AvgIpc) is 3.07. The first kappa shape index (κ1) is 18.2. The molecule has 1 amide bonds. The van der Waals surface area contributed by atoms with Gasteiger partial charge in [0.15, 0.2) is 10.2 Å². The molecule has 0 aliphatic carbocycles. The highest BCUT2D eigenvalue weighted by Crippen LogP contribution is 2.21. The van der Waals surface area contributed by atoms with Crippen molar-refractivity contribution in [2.75, 3.05) is 49.8 Å². The first-order chi connectivity index (χ1) is 11.2. The van der Waals surface area contributed by atoms with Crippen LogP contribution in [0.5, 0.6) is 0 Å². The highest BCUT2D eigenvalue weighted by molar-refractivity contribution is 7.98. The third kappa shape index (κ3) is 6.13. The van der Waals surface area contributed by atoms with Gasteiger partial charge in [-0.3, -0.25) is 15.6 Å². The summed E-state index contributed by atoms with van der Waals surface area (Å²) in [6.45, 7) is 3.77. The highest BCUT2D eigenvalue weighted by atomic mass is 32.2. The number of nitrogens with one attached hydrogen (secondary N) is 3. The fourth-order valence-electron chi connectivity index (χ4n) is 1.91. The lowest BCUT2D eigenvalue weighted by atomic mass is 10.4. The number of carbonyl (C=O) groups is 1. The molecule has 0 unspecified atom stereocenters. The Bertz CT molecular complexity index is 519. The van der Waals surface area contributed by atoms with Crippen LogP contribution < -0.4 is 21.1 Å². The molecule has 0 bridgehead atoms. The molecule has 7 nitrogen and oxygen atoms in total. The van der Waals surface area contributed by atoms with Crippen molar-refractivity contribution in [1.82, 2.24) is 21.2 Å². The minimum absolute atomic E-state index is 0.297. The van der Waals surface area contributed by atoms with Crippen molar-refractivity contribution in [1.29, 1.82) is 0 Å². The smallest absolute Gasteiger partial charge is 0.289 e. The molecular formula is C13H21N5O2S3. The van der Waals surface area contributed by atoms with Crippen LogP contribution in [0.15, 0.2) is 5.38 Å². The fraction of sp³-hybridized carbons (Fsp3) is 0.615. The quantitative estimate of drug-likeness (QED) is 0.384. The van der Waals surface area contributed by atoms with E-state index in [-0.39, 0.29) is 5.91 Å². The molecule has 0 radical (unpaired) electrons. The lowest BCUT2D eigenvalue weighted by Crippen LogP contribution is -2.47. The van der Waals surface area contributed by atoms with E-state index in [1.54, 1.807) is 17.1 Å². The first-order valence-electron chi connectivity index (χ1n) is 7.32. The number of ether oxygens (including phenoxy) is 1. The van der Waals surface area contributed by atoms with Crippen LogP contribution in [-0.4, -0.2) is 60.9 Å². The summed E-state index contributed by atoms with van der Waals surface area (Å²) in [5.74, 6) is 0.777. The summed E-state index contributed by atoms with van der Waals surface area (Å²) >= 11 is 8.34. The SMILES string of the molecule is CSCCCNC(=S)NNC(=O)c1csc(N2CCOCC2)n1. The van der Waals surface area contributed by atoms with Gasteiger partial charge in [0.2, 0.25) is 0 Å². The summed E-state index contributed by atoms with van der Waals surface area (Å²) in [7, 11) is 0. The number of thiocarbonyl (C=S) groups is 1. The number of nitrogens with zero attached hydrogens (tertiary/aromatic N) is 2. The molecule has 1 saturated heterocycles. The van der Waals surface area contributed by atoms with Gasteiger partial charge in [-0.25, -0.2) is 4.98 Å². The van der Waals surface area contributed by atoms with Crippen LogP contribution in [0.3, 0.4) is 0 Å². The van der Waals surface area contributed by atoms with Crippen LogP contribution in [0, 0.1) is 0 Å². The number of amides is 1. The van der Waals surface area contributed by atoms with E-state index in [1.165, 1.54) is 11.3 Å². The standard InChI is InChI=1S/C13H21N5O2S3/c1-22-8-2-3-14-12(21)17-16-11(19)10-9-23-13(15-10)18-4-6-20-7-5-18/h9H,2-8H2,1H3,(H,16,19)(H2,14,17,21). The third-order valence-corrected chi connectivity index (χ3v) is 4.95. The summed E-state index contributed by atoms with van der Waals surface area (Å²) in [4.78, 5) is 18.5. The van der Waals surface area contributed by atoms with Gasteiger partial charge in [-0.05, 0) is 30.6 Å². The van der Waals surface area contributed by atoms with Gasteiger partial charge in [-0.15, -0.1) is 11.3 Å². The van der Waals surface area contributed by atoms with E-state index < -0.39 is 0 Å². The summed E-state index contributed by atoms with van der Waals surface area (Å²) in [6.07, 6.45) is 3.09. The molecule has 10 heteroatoms. The van der Waals surface area contributed by atoms with E-state index in [4.69, 9.17) is 17.0 Å². The highest BCUT2D eigenvalue weighted by Gasteiger charge is 2.17. The second kappa shape index (κ2) is 9.91. The predicted molar refractivity (Wildman–Crippen MR) is 99.3 cm³/mol. The maximum atomic E-state index is 12.1. The van der Waals surface area contributed by atoms with Crippen molar-refractivity contribution in [2.24, 2.45) is 0 Å². The second-order valence-electron chi connectivity index (χ2n) is 4.80. The zero-order valence-electron chi connectivity index (χ0n) is 13.0.